The van der Waals surface area contributed by atoms with E-state index in [1.54, 1.807) is 0 Å². The van der Waals surface area contributed by atoms with Gasteiger partial charge in [0.25, 0.3) is 0 Å². The number of piperidine rings is 2. The van der Waals surface area contributed by atoms with E-state index in [4.69, 9.17) is 23.2 Å². The van der Waals surface area contributed by atoms with Gasteiger partial charge in [-0.1, -0.05) is 23.2 Å². The van der Waals surface area contributed by atoms with Crippen molar-refractivity contribution in [1.29, 1.82) is 0 Å². The molecule has 2 heterocycles. The number of nitrogens with zero attached hydrogens (tertiary/aromatic N) is 3. The van der Waals surface area contributed by atoms with E-state index >= 15 is 0 Å². The molecule has 0 amide bonds. The number of likely N-dealkylation sites (tertiary alicyclic amines) is 2. The quantitative estimate of drug-likeness (QED) is 0.389. The Balaban J connectivity index is 2.48. The Morgan fingerprint density at radius 3 is 1.64 bits per heavy atom. The van der Waals surface area contributed by atoms with Crippen molar-refractivity contribution < 1.29 is 4.92 Å². The van der Waals surface area contributed by atoms with Crippen molar-refractivity contribution >= 4 is 39.1 Å². The zero-order valence-corrected chi connectivity index (χ0v) is 15.5. The van der Waals surface area contributed by atoms with Crippen molar-refractivity contribution in [2.45, 2.75) is 38.5 Å². The molecule has 2 fully saturated rings. The highest BCUT2D eigenvalue weighted by atomic mass is 79.9. The average Bonchev–Trinajstić information content (AvgIpc) is 2.53. The molecule has 0 spiro atoms. The van der Waals surface area contributed by atoms with Gasteiger partial charge in [-0.05, 0) is 54.5 Å². The van der Waals surface area contributed by atoms with Gasteiger partial charge in [-0.2, -0.15) is 0 Å². The lowest BCUT2D eigenvalue weighted by Gasteiger charge is -2.39. The molecule has 2 aliphatic heterocycles. The second-order valence-electron chi connectivity index (χ2n) is 5.60. The summed E-state index contributed by atoms with van der Waals surface area (Å²) in [6.07, 6.45) is 6.52. The van der Waals surface area contributed by atoms with E-state index in [0.717, 1.165) is 51.9 Å². The maximum atomic E-state index is 11.7. The normalized spacial score (nSPS) is 20.5. The smallest absolute Gasteiger partial charge is 0.329 e. The highest BCUT2D eigenvalue weighted by molar-refractivity contribution is 9.12. The summed E-state index contributed by atoms with van der Waals surface area (Å²) in [6.45, 7) is 3.31. The number of allylic oxidation sites excluding steroid dienone is 1. The molecule has 0 aromatic heterocycles. The maximum absolute atomic E-state index is 11.7. The van der Waals surface area contributed by atoms with Gasteiger partial charge in [0.05, 0.1) is 4.92 Å². The van der Waals surface area contributed by atoms with E-state index in [1.807, 2.05) is 0 Å². The number of halogens is 3. The van der Waals surface area contributed by atoms with Crippen LogP contribution >= 0.6 is 39.1 Å². The van der Waals surface area contributed by atoms with Gasteiger partial charge in [0.15, 0.2) is 5.82 Å². The minimum atomic E-state index is -0.412. The highest BCUT2D eigenvalue weighted by Crippen LogP contribution is 2.33. The molecule has 22 heavy (non-hydrogen) atoms. The monoisotopic (exact) mass is 411 g/mol. The summed E-state index contributed by atoms with van der Waals surface area (Å²) in [7, 11) is 0. The van der Waals surface area contributed by atoms with Gasteiger partial charge in [-0.25, -0.2) is 0 Å². The fraction of sp³-hybridized carbons (Fsp3) is 0.714. The van der Waals surface area contributed by atoms with Crippen molar-refractivity contribution in [3.8, 4) is 0 Å². The van der Waals surface area contributed by atoms with Crippen LogP contribution in [0, 0.1) is 10.1 Å². The molecule has 0 aliphatic carbocycles. The molecule has 0 radical (unpaired) electrons. The van der Waals surface area contributed by atoms with Gasteiger partial charge in [-0.15, -0.1) is 0 Å². The Labute approximate surface area is 149 Å². The van der Waals surface area contributed by atoms with Gasteiger partial charge < -0.3 is 9.80 Å². The number of hydrogen-bond acceptors (Lipinski definition) is 4. The summed E-state index contributed by atoms with van der Waals surface area (Å²) in [5, 5.41) is 11.6. The summed E-state index contributed by atoms with van der Waals surface area (Å²) in [5.74, 6) is 0.631. The fourth-order valence-electron chi connectivity index (χ4n) is 3.06. The third-order valence-electron chi connectivity index (χ3n) is 4.08. The summed E-state index contributed by atoms with van der Waals surface area (Å²) in [6, 6.07) is 0. The summed E-state index contributed by atoms with van der Waals surface area (Å²) < 4.78 is 0.0763. The van der Waals surface area contributed by atoms with Crippen LogP contribution in [-0.4, -0.2) is 40.9 Å². The maximum Gasteiger partial charge on any atom is 0.329 e. The van der Waals surface area contributed by atoms with E-state index < -0.39 is 4.92 Å². The molecular weight excluding hydrogens is 393 g/mol. The van der Waals surface area contributed by atoms with Crippen LogP contribution in [0.15, 0.2) is 20.5 Å². The van der Waals surface area contributed by atoms with Crippen LogP contribution in [-0.2, 0) is 0 Å². The molecule has 0 atom stereocenters. The average molecular weight is 413 g/mol. The first-order valence-corrected chi connectivity index (χ1v) is 9.17. The number of nitro groups is 1. The zero-order chi connectivity index (χ0) is 16.1. The Bertz CT molecular complexity index is 460. The van der Waals surface area contributed by atoms with Crippen molar-refractivity contribution in [3.05, 3.63) is 30.6 Å². The Hall–Kier alpha value is -0.460. The lowest BCUT2D eigenvalue weighted by molar-refractivity contribution is -0.423. The van der Waals surface area contributed by atoms with Gasteiger partial charge >= 0.3 is 5.70 Å². The molecule has 2 rings (SSSR count). The predicted molar refractivity (Wildman–Crippen MR) is 92.5 cm³/mol. The van der Waals surface area contributed by atoms with Crippen LogP contribution in [0.2, 0.25) is 0 Å². The van der Waals surface area contributed by atoms with Crippen molar-refractivity contribution in [3.63, 3.8) is 0 Å². The molecule has 2 saturated heterocycles. The third-order valence-corrected chi connectivity index (χ3v) is 5.36. The number of rotatable bonds is 4. The van der Waals surface area contributed by atoms with Crippen LogP contribution in [0.5, 0.6) is 0 Å². The molecule has 8 heteroatoms. The fourth-order valence-corrected chi connectivity index (χ4v) is 3.49. The van der Waals surface area contributed by atoms with E-state index in [2.05, 4.69) is 25.7 Å². The second-order valence-corrected chi connectivity index (χ2v) is 7.60. The second kappa shape index (κ2) is 8.41. The van der Waals surface area contributed by atoms with Gasteiger partial charge in [-0.3, -0.25) is 10.1 Å². The van der Waals surface area contributed by atoms with E-state index in [1.165, 1.54) is 12.8 Å². The largest absolute Gasteiger partial charge is 0.353 e. The topological polar surface area (TPSA) is 49.6 Å². The summed E-state index contributed by atoms with van der Waals surface area (Å²) in [4.78, 5) is 15.5. The molecule has 5 nitrogen and oxygen atoms in total. The summed E-state index contributed by atoms with van der Waals surface area (Å²) in [5.41, 5.74) is -0.0904. The lowest BCUT2D eigenvalue weighted by atomic mass is 10.1. The first-order chi connectivity index (χ1) is 10.5. The van der Waals surface area contributed by atoms with E-state index in [9.17, 15) is 10.1 Å². The lowest BCUT2D eigenvalue weighted by Crippen LogP contribution is -2.42. The molecule has 0 bridgehead atoms. The van der Waals surface area contributed by atoms with Crippen molar-refractivity contribution in [2.24, 2.45) is 0 Å². The third kappa shape index (κ3) is 4.30. The minimum absolute atomic E-state index is 0.0298. The molecule has 0 aromatic rings. The van der Waals surface area contributed by atoms with Crippen LogP contribution < -0.4 is 0 Å². The summed E-state index contributed by atoms with van der Waals surface area (Å²) >= 11 is 15.1. The molecule has 0 unspecified atom stereocenters. The van der Waals surface area contributed by atoms with Crippen molar-refractivity contribution in [2.75, 3.05) is 26.2 Å². The van der Waals surface area contributed by atoms with Gasteiger partial charge in [0, 0.05) is 26.2 Å². The first-order valence-electron chi connectivity index (χ1n) is 7.62. The SMILES string of the molecule is O=[N+]([O-])C(=C(N1CCCCC1)N1CCCCC1)/C(Cl)=C(/Cl)Br. The van der Waals surface area contributed by atoms with Crippen LogP contribution in [0.1, 0.15) is 38.5 Å². The van der Waals surface area contributed by atoms with Gasteiger partial charge in [0.2, 0.25) is 0 Å². The molecule has 0 N–H and O–H groups in total. The van der Waals surface area contributed by atoms with Crippen LogP contribution in [0.4, 0.5) is 0 Å². The molecule has 2 aliphatic rings. The first kappa shape index (κ1) is 17.9. The molecule has 124 valence electrons. The van der Waals surface area contributed by atoms with E-state index in [0.29, 0.717) is 5.82 Å². The standard InChI is InChI=1S/C14H20BrCl2N3O2/c15-13(17)11(16)12(20(21)22)14(18-7-3-1-4-8-18)19-9-5-2-6-10-19/h1-10H2/b13-11-. The molecule has 0 saturated carbocycles. The Morgan fingerprint density at radius 1 is 0.909 bits per heavy atom. The minimum Gasteiger partial charge on any atom is -0.353 e. The number of hydrogen-bond donors (Lipinski definition) is 0. The molecular formula is C14H20BrCl2N3O2. The Morgan fingerprint density at radius 2 is 1.32 bits per heavy atom. The predicted octanol–water partition coefficient (Wildman–Crippen LogP) is 4.45. The highest BCUT2D eigenvalue weighted by Gasteiger charge is 2.33. The van der Waals surface area contributed by atoms with Crippen LogP contribution in [0.3, 0.4) is 0 Å². The van der Waals surface area contributed by atoms with Crippen LogP contribution in [0.25, 0.3) is 0 Å². The van der Waals surface area contributed by atoms with Crippen molar-refractivity contribution in [1.82, 2.24) is 9.80 Å². The van der Waals surface area contributed by atoms with E-state index in [-0.39, 0.29) is 14.7 Å². The zero-order valence-electron chi connectivity index (χ0n) is 12.4. The van der Waals surface area contributed by atoms with Gasteiger partial charge in [0.1, 0.15) is 8.97 Å². The Kier molecular flexibility index (Phi) is 6.84. The molecule has 0 aromatic carbocycles.